The Hall–Kier alpha value is -2.83. The molecule has 2 saturated heterocycles. The van der Waals surface area contributed by atoms with Gasteiger partial charge in [-0.3, -0.25) is 14.7 Å². The van der Waals surface area contributed by atoms with Gasteiger partial charge in [0.1, 0.15) is 0 Å². The number of H-pyrrole nitrogens is 1. The monoisotopic (exact) mass is 367 g/mol. The summed E-state index contributed by atoms with van der Waals surface area (Å²) in [7, 11) is 0. The molecule has 2 aliphatic heterocycles. The van der Waals surface area contributed by atoms with Gasteiger partial charge in [-0.2, -0.15) is 5.10 Å². The van der Waals surface area contributed by atoms with Gasteiger partial charge in [-0.05, 0) is 26.0 Å². The molecule has 27 heavy (non-hydrogen) atoms. The van der Waals surface area contributed by atoms with E-state index in [2.05, 4.69) is 15.1 Å². The van der Waals surface area contributed by atoms with Crippen LogP contribution in [-0.4, -0.2) is 59.6 Å². The third kappa shape index (κ3) is 3.29. The number of piperazine rings is 1. The highest BCUT2D eigenvalue weighted by Gasteiger charge is 2.38. The van der Waals surface area contributed by atoms with E-state index >= 15 is 0 Å². The molecule has 2 aromatic rings. The van der Waals surface area contributed by atoms with E-state index in [0.29, 0.717) is 26.1 Å². The number of aromatic amines is 1. The summed E-state index contributed by atoms with van der Waals surface area (Å²) >= 11 is 0. The van der Waals surface area contributed by atoms with Gasteiger partial charge in [0.05, 0.1) is 23.0 Å². The van der Waals surface area contributed by atoms with E-state index in [0.717, 1.165) is 35.9 Å². The number of aromatic nitrogens is 2. The summed E-state index contributed by atoms with van der Waals surface area (Å²) in [6.45, 7) is 7.43. The fourth-order valence-corrected chi connectivity index (χ4v) is 4.15. The Bertz CT molecular complexity index is 820. The van der Waals surface area contributed by atoms with E-state index in [4.69, 9.17) is 0 Å². The quantitative estimate of drug-likeness (QED) is 0.897. The normalized spacial score (nSPS) is 20.4. The molecule has 2 aliphatic rings. The number of benzene rings is 1. The fraction of sp³-hybridized carbons (Fsp3) is 0.450. The maximum absolute atomic E-state index is 13.0. The summed E-state index contributed by atoms with van der Waals surface area (Å²) in [5, 5.41) is 7.29. The first-order chi connectivity index (χ1) is 13.0. The predicted molar refractivity (Wildman–Crippen MR) is 104 cm³/mol. The Balaban J connectivity index is 1.38. The number of carbonyl (C=O) groups excluding carboxylic acids is 2. The van der Waals surface area contributed by atoms with Gasteiger partial charge >= 0.3 is 0 Å². The van der Waals surface area contributed by atoms with Crippen LogP contribution < -0.4 is 9.80 Å². The van der Waals surface area contributed by atoms with E-state index < -0.39 is 0 Å². The second-order valence-corrected chi connectivity index (χ2v) is 7.34. The molecule has 1 atom stereocenters. The topological polar surface area (TPSA) is 72.5 Å². The maximum Gasteiger partial charge on any atom is 0.228 e. The van der Waals surface area contributed by atoms with E-state index in [1.165, 1.54) is 0 Å². The number of hydrogen-bond acceptors (Lipinski definition) is 4. The lowest BCUT2D eigenvalue weighted by Gasteiger charge is -2.37. The van der Waals surface area contributed by atoms with Crippen molar-refractivity contribution >= 4 is 23.2 Å². The lowest BCUT2D eigenvalue weighted by molar-refractivity contribution is -0.136. The highest BCUT2D eigenvalue weighted by atomic mass is 16.2. The molecule has 0 spiro atoms. The number of nitrogens with one attached hydrogen (secondary N) is 1. The minimum Gasteiger partial charge on any atom is -0.365 e. The van der Waals surface area contributed by atoms with Crippen LogP contribution in [0.4, 0.5) is 11.4 Å². The Morgan fingerprint density at radius 3 is 2.44 bits per heavy atom. The first kappa shape index (κ1) is 17.6. The summed E-state index contributed by atoms with van der Waals surface area (Å²) < 4.78 is 0. The molecular formula is C20H25N5O2. The molecule has 1 N–H and O–H groups in total. The molecule has 2 fully saturated rings. The summed E-state index contributed by atoms with van der Waals surface area (Å²) in [4.78, 5) is 31.3. The molecular weight excluding hydrogens is 342 g/mol. The molecule has 3 heterocycles. The summed E-state index contributed by atoms with van der Waals surface area (Å²) in [5.41, 5.74) is 4.07. The van der Waals surface area contributed by atoms with Crippen LogP contribution in [0.1, 0.15) is 17.8 Å². The maximum atomic E-state index is 13.0. The minimum atomic E-state index is -0.248. The molecule has 4 rings (SSSR count). The number of aryl methyl sites for hydroxylation is 2. The van der Waals surface area contributed by atoms with Crippen LogP contribution in [-0.2, 0) is 9.59 Å². The molecule has 1 unspecified atom stereocenters. The van der Waals surface area contributed by atoms with Crippen LogP contribution in [0, 0.1) is 19.8 Å². The number of amides is 2. The van der Waals surface area contributed by atoms with Gasteiger partial charge in [0.15, 0.2) is 0 Å². The van der Waals surface area contributed by atoms with E-state index in [1.807, 2.05) is 49.1 Å². The van der Waals surface area contributed by atoms with Crippen molar-refractivity contribution in [2.45, 2.75) is 20.3 Å². The Morgan fingerprint density at radius 2 is 1.81 bits per heavy atom. The Morgan fingerprint density at radius 1 is 1.11 bits per heavy atom. The zero-order valence-corrected chi connectivity index (χ0v) is 15.8. The molecule has 1 aromatic heterocycles. The predicted octanol–water partition coefficient (Wildman–Crippen LogP) is 1.73. The van der Waals surface area contributed by atoms with Crippen LogP contribution in [0.5, 0.6) is 0 Å². The van der Waals surface area contributed by atoms with Gasteiger partial charge in [-0.25, -0.2) is 0 Å². The largest absolute Gasteiger partial charge is 0.365 e. The van der Waals surface area contributed by atoms with Crippen molar-refractivity contribution in [3.8, 4) is 0 Å². The molecule has 0 bridgehead atoms. The van der Waals surface area contributed by atoms with Crippen LogP contribution in [0.2, 0.25) is 0 Å². The van der Waals surface area contributed by atoms with Crippen molar-refractivity contribution in [3.05, 3.63) is 41.7 Å². The van der Waals surface area contributed by atoms with E-state index in [-0.39, 0.29) is 17.7 Å². The van der Waals surface area contributed by atoms with Crippen LogP contribution >= 0.6 is 0 Å². The highest BCUT2D eigenvalue weighted by molar-refractivity contribution is 6.00. The summed E-state index contributed by atoms with van der Waals surface area (Å²) in [6, 6.07) is 9.58. The lowest BCUT2D eigenvalue weighted by atomic mass is 10.1. The Labute approximate surface area is 158 Å². The van der Waals surface area contributed by atoms with Gasteiger partial charge in [0.25, 0.3) is 0 Å². The first-order valence-corrected chi connectivity index (χ1v) is 9.45. The smallest absolute Gasteiger partial charge is 0.228 e. The third-order valence-corrected chi connectivity index (χ3v) is 5.54. The van der Waals surface area contributed by atoms with E-state index in [1.54, 1.807) is 4.90 Å². The molecule has 0 saturated carbocycles. The number of carbonyl (C=O) groups is 2. The number of hydrogen-bond donors (Lipinski definition) is 1. The first-order valence-electron chi connectivity index (χ1n) is 9.45. The zero-order valence-electron chi connectivity index (χ0n) is 15.8. The average molecular weight is 367 g/mol. The number of nitrogens with zero attached hydrogens (tertiary/aromatic N) is 4. The number of rotatable bonds is 3. The van der Waals surface area contributed by atoms with Crippen molar-refractivity contribution in [1.82, 2.24) is 15.1 Å². The fourth-order valence-electron chi connectivity index (χ4n) is 4.15. The molecule has 2 amide bonds. The standard InChI is InChI=1S/C20H25N5O2/c1-14-19(15(2)22-21-14)23-8-10-24(11-9-23)20(27)16-12-18(26)25(13-16)17-6-4-3-5-7-17/h3-7,16H,8-13H2,1-2H3,(H,21,22). The minimum absolute atomic E-state index is 0.0304. The second-order valence-electron chi connectivity index (χ2n) is 7.34. The molecule has 0 radical (unpaired) electrons. The van der Waals surface area contributed by atoms with Gasteiger partial charge in [-0.1, -0.05) is 18.2 Å². The van der Waals surface area contributed by atoms with Crippen molar-refractivity contribution in [1.29, 1.82) is 0 Å². The number of anilines is 2. The second kappa shape index (κ2) is 7.06. The van der Waals surface area contributed by atoms with Crippen molar-refractivity contribution in [2.75, 3.05) is 42.5 Å². The molecule has 7 heteroatoms. The lowest BCUT2D eigenvalue weighted by Crippen LogP contribution is -2.51. The number of para-hydroxylation sites is 1. The van der Waals surface area contributed by atoms with Crippen molar-refractivity contribution in [2.24, 2.45) is 5.92 Å². The van der Waals surface area contributed by atoms with Crippen LogP contribution in [0.3, 0.4) is 0 Å². The van der Waals surface area contributed by atoms with Gasteiger partial charge in [0, 0.05) is 44.8 Å². The SMILES string of the molecule is Cc1n[nH]c(C)c1N1CCN(C(=O)C2CC(=O)N(c3ccccc3)C2)CC1. The van der Waals surface area contributed by atoms with Gasteiger partial charge < -0.3 is 14.7 Å². The molecule has 0 aliphatic carbocycles. The van der Waals surface area contributed by atoms with Crippen LogP contribution in [0.25, 0.3) is 0 Å². The summed E-state index contributed by atoms with van der Waals surface area (Å²) in [6.07, 6.45) is 0.299. The van der Waals surface area contributed by atoms with E-state index in [9.17, 15) is 9.59 Å². The van der Waals surface area contributed by atoms with Crippen LogP contribution in [0.15, 0.2) is 30.3 Å². The molecule has 1 aromatic carbocycles. The zero-order chi connectivity index (χ0) is 19.0. The third-order valence-electron chi connectivity index (χ3n) is 5.54. The summed E-state index contributed by atoms with van der Waals surface area (Å²) in [5.74, 6) is -0.119. The molecule has 142 valence electrons. The van der Waals surface area contributed by atoms with Crippen molar-refractivity contribution < 1.29 is 9.59 Å². The Kier molecular flexibility index (Phi) is 4.59. The van der Waals surface area contributed by atoms with Gasteiger partial charge in [-0.15, -0.1) is 0 Å². The highest BCUT2D eigenvalue weighted by Crippen LogP contribution is 2.27. The average Bonchev–Trinajstić information content (AvgIpc) is 3.24. The van der Waals surface area contributed by atoms with Gasteiger partial charge in [0.2, 0.25) is 11.8 Å². The van der Waals surface area contributed by atoms with Crippen molar-refractivity contribution in [3.63, 3.8) is 0 Å². The molecule has 7 nitrogen and oxygen atoms in total.